The van der Waals surface area contributed by atoms with Crippen molar-refractivity contribution in [3.8, 4) is 21.1 Å². The highest BCUT2D eigenvalue weighted by molar-refractivity contribution is 9.10. The Kier molecular flexibility index (Phi) is 14.9. The van der Waals surface area contributed by atoms with Crippen LogP contribution in [0.4, 0.5) is 11.4 Å². The third-order valence-electron chi connectivity index (χ3n) is 6.23. The summed E-state index contributed by atoms with van der Waals surface area (Å²) in [6.45, 7) is 2.63. The van der Waals surface area contributed by atoms with Crippen molar-refractivity contribution in [1.82, 2.24) is 19.9 Å². The van der Waals surface area contributed by atoms with Crippen molar-refractivity contribution in [3.05, 3.63) is 127 Å². The number of halogens is 5. The first-order valence-electron chi connectivity index (χ1n) is 14.3. The Balaban J connectivity index is 0.000000208. The molecule has 0 radical (unpaired) electrons. The molecule has 3 amide bonds. The maximum absolute atomic E-state index is 12.9. The van der Waals surface area contributed by atoms with Crippen LogP contribution in [0, 0.1) is 0 Å². The van der Waals surface area contributed by atoms with E-state index in [2.05, 4.69) is 68.7 Å². The molecule has 0 bridgehead atoms. The molecular weight excluding hydrogens is 887 g/mol. The summed E-state index contributed by atoms with van der Waals surface area (Å²) in [7, 11) is 0. The lowest BCUT2D eigenvalue weighted by Gasteiger charge is -2.20. The van der Waals surface area contributed by atoms with Crippen molar-refractivity contribution in [2.45, 2.75) is 13.8 Å². The van der Waals surface area contributed by atoms with E-state index in [-0.39, 0.29) is 27.0 Å². The van der Waals surface area contributed by atoms with Crippen molar-refractivity contribution in [2.75, 3.05) is 10.2 Å². The number of anilines is 2. The number of hydrogen-bond donors (Lipinski definition) is 1. The third kappa shape index (κ3) is 11.0. The number of rotatable bonds is 6. The first kappa shape index (κ1) is 39.9. The summed E-state index contributed by atoms with van der Waals surface area (Å²) in [6.07, 6.45) is 6.41. The number of nitrogens with one attached hydrogen (secondary N) is 1. The number of thiophene rings is 2. The highest BCUT2D eigenvalue weighted by atomic mass is 79.9. The van der Waals surface area contributed by atoms with Crippen LogP contribution in [0.25, 0.3) is 21.1 Å². The molecule has 51 heavy (non-hydrogen) atoms. The minimum absolute atomic E-state index is 0.0531. The van der Waals surface area contributed by atoms with E-state index in [1.807, 2.05) is 41.1 Å². The number of hydrogen-bond acceptors (Lipinski definition) is 10. The minimum Gasteiger partial charge on any atom is -0.321 e. The summed E-state index contributed by atoms with van der Waals surface area (Å²) in [4.78, 5) is 65.9. The van der Waals surface area contributed by atoms with E-state index in [9.17, 15) is 19.2 Å². The summed E-state index contributed by atoms with van der Waals surface area (Å²) in [5, 5.41) is 6.44. The third-order valence-corrected chi connectivity index (χ3v) is 9.63. The normalized spacial score (nSPS) is 10.2. The van der Waals surface area contributed by atoms with E-state index in [1.54, 1.807) is 42.9 Å². The van der Waals surface area contributed by atoms with Gasteiger partial charge in [0.1, 0.15) is 10.3 Å². The molecule has 6 heterocycles. The molecular formula is C34H23Br2Cl3N6O4S2. The van der Waals surface area contributed by atoms with Gasteiger partial charge in [0.2, 0.25) is 11.1 Å². The van der Waals surface area contributed by atoms with Crippen molar-refractivity contribution in [3.63, 3.8) is 0 Å². The molecule has 0 saturated carbocycles. The van der Waals surface area contributed by atoms with Crippen molar-refractivity contribution in [1.29, 1.82) is 0 Å². The van der Waals surface area contributed by atoms with Crippen LogP contribution in [-0.4, -0.2) is 42.9 Å². The van der Waals surface area contributed by atoms with Crippen molar-refractivity contribution in [2.24, 2.45) is 0 Å². The number of carbonyl (C=O) groups excluding carboxylic acids is 4. The molecule has 17 heteroatoms. The molecule has 260 valence electrons. The first-order chi connectivity index (χ1) is 24.4. The van der Waals surface area contributed by atoms with Gasteiger partial charge in [0.25, 0.3) is 11.8 Å². The first-order valence-corrected chi connectivity index (χ1v) is 18.8. The molecule has 0 saturated heterocycles. The fourth-order valence-electron chi connectivity index (χ4n) is 4.13. The lowest BCUT2D eigenvalue weighted by atomic mass is 10.2. The zero-order valence-electron chi connectivity index (χ0n) is 26.3. The molecule has 6 aromatic heterocycles. The summed E-state index contributed by atoms with van der Waals surface area (Å²) in [5.74, 6) is -1.24. The molecule has 0 aliphatic carbocycles. The predicted octanol–water partition coefficient (Wildman–Crippen LogP) is 10.5. The molecule has 6 rings (SSSR count). The number of pyridine rings is 4. The zero-order chi connectivity index (χ0) is 37.1. The lowest BCUT2D eigenvalue weighted by molar-refractivity contribution is -0.116. The van der Waals surface area contributed by atoms with Crippen LogP contribution in [0.15, 0.2) is 105 Å². The van der Waals surface area contributed by atoms with Crippen LogP contribution in [-0.2, 0) is 9.59 Å². The van der Waals surface area contributed by atoms with Gasteiger partial charge < -0.3 is 5.32 Å². The van der Waals surface area contributed by atoms with Crippen LogP contribution >= 0.6 is 89.3 Å². The van der Waals surface area contributed by atoms with Gasteiger partial charge in [0, 0.05) is 47.6 Å². The van der Waals surface area contributed by atoms with E-state index in [0.29, 0.717) is 22.6 Å². The SMILES string of the molecule is CC(=O)Cl.CC(=O)N(C(=O)c1cccnc1Cl)c1ccsc1-c1ccc(Br)cn1.O=C(Nc1ccsc1-c1ccc(Br)cn1)c1cccnc1Cl. The zero-order valence-corrected chi connectivity index (χ0v) is 33.4. The number of nitrogens with zero attached hydrogens (tertiary/aromatic N) is 5. The summed E-state index contributed by atoms with van der Waals surface area (Å²) >= 11 is 26.2. The van der Waals surface area contributed by atoms with Crippen molar-refractivity contribution >= 4 is 124 Å². The highest BCUT2D eigenvalue weighted by Crippen LogP contribution is 2.37. The number of carbonyl (C=O) groups is 4. The van der Waals surface area contributed by atoms with Crippen LogP contribution in [0.3, 0.4) is 0 Å². The van der Waals surface area contributed by atoms with E-state index >= 15 is 0 Å². The predicted molar refractivity (Wildman–Crippen MR) is 211 cm³/mol. The number of amides is 3. The highest BCUT2D eigenvalue weighted by Gasteiger charge is 2.27. The Hall–Kier alpha value is -3.89. The average Bonchev–Trinajstić information content (AvgIpc) is 3.76. The van der Waals surface area contributed by atoms with Crippen LogP contribution in [0.5, 0.6) is 0 Å². The van der Waals surface area contributed by atoms with Gasteiger partial charge in [-0.15, -0.1) is 22.7 Å². The maximum Gasteiger partial charge on any atom is 0.268 e. The Morgan fingerprint density at radius 2 is 1.22 bits per heavy atom. The number of aromatic nitrogens is 4. The van der Waals surface area contributed by atoms with Crippen LogP contribution < -0.4 is 10.2 Å². The number of imide groups is 1. The van der Waals surface area contributed by atoms with Gasteiger partial charge in [-0.2, -0.15) is 0 Å². The van der Waals surface area contributed by atoms with Gasteiger partial charge in [0.15, 0.2) is 0 Å². The molecule has 0 aliphatic rings. The second-order valence-corrected chi connectivity index (χ2v) is 14.7. The van der Waals surface area contributed by atoms with Gasteiger partial charge in [-0.3, -0.25) is 29.1 Å². The van der Waals surface area contributed by atoms with Gasteiger partial charge in [0.05, 0.1) is 43.6 Å². The average molecular weight is 910 g/mol. The standard InChI is InChI=1S/C17H11BrClN3O2S.C15H9BrClN3OS.C2H3ClO/c1-10(23)22(17(24)12-3-2-7-20-16(12)19)14-6-8-25-15(14)13-5-4-11(18)9-21-13;16-9-3-4-11(19-8-9)13-12(5-7-22-13)20-15(21)10-2-1-6-18-14(10)17;1-2(3)4/h2-9H,1H3;1-8H,(H,20,21);1H3. The molecule has 10 nitrogen and oxygen atoms in total. The Bertz CT molecular complexity index is 2160. The Morgan fingerprint density at radius 3 is 1.73 bits per heavy atom. The molecule has 0 aliphatic heterocycles. The van der Waals surface area contributed by atoms with Crippen molar-refractivity contribution < 1.29 is 19.2 Å². The Labute approximate surface area is 332 Å². The van der Waals surface area contributed by atoms with E-state index < -0.39 is 11.8 Å². The summed E-state index contributed by atoms with van der Waals surface area (Å²) in [6, 6.07) is 17.5. The van der Waals surface area contributed by atoms with Crippen LogP contribution in [0.2, 0.25) is 10.3 Å². The Morgan fingerprint density at radius 1 is 0.706 bits per heavy atom. The fourth-order valence-corrected chi connectivity index (χ4v) is 6.69. The molecule has 0 fully saturated rings. The van der Waals surface area contributed by atoms with Crippen LogP contribution in [0.1, 0.15) is 34.6 Å². The monoisotopic (exact) mass is 906 g/mol. The molecule has 0 unspecified atom stereocenters. The van der Waals surface area contributed by atoms with Gasteiger partial charge >= 0.3 is 0 Å². The van der Waals surface area contributed by atoms with Gasteiger partial charge in [-0.25, -0.2) is 14.9 Å². The molecule has 0 aromatic carbocycles. The lowest BCUT2D eigenvalue weighted by Crippen LogP contribution is -2.35. The van der Waals surface area contributed by atoms with E-state index in [1.165, 1.54) is 48.8 Å². The minimum atomic E-state index is -0.526. The smallest absolute Gasteiger partial charge is 0.268 e. The second kappa shape index (κ2) is 19.1. The molecule has 1 N–H and O–H groups in total. The van der Waals surface area contributed by atoms with Gasteiger partial charge in [-0.05, 0) is 115 Å². The summed E-state index contributed by atoms with van der Waals surface area (Å²) < 4.78 is 1.75. The molecule has 6 aromatic rings. The molecule has 0 atom stereocenters. The maximum atomic E-state index is 12.9. The molecule has 0 spiro atoms. The second-order valence-electron chi connectivity index (χ2n) is 9.79. The largest absolute Gasteiger partial charge is 0.321 e. The van der Waals surface area contributed by atoms with E-state index in [0.717, 1.165) is 29.3 Å². The quantitative estimate of drug-likeness (QED) is 0.129. The fraction of sp³-hybridized carbons (Fsp3) is 0.0588. The topological polar surface area (TPSA) is 135 Å². The summed E-state index contributed by atoms with van der Waals surface area (Å²) in [5.41, 5.74) is 3.14. The van der Waals surface area contributed by atoms with E-state index in [4.69, 9.17) is 23.2 Å². The van der Waals surface area contributed by atoms with Gasteiger partial charge in [-0.1, -0.05) is 23.2 Å².